The van der Waals surface area contributed by atoms with Gasteiger partial charge in [0.2, 0.25) is 0 Å². The normalized spacial score (nSPS) is 10.7. The van der Waals surface area contributed by atoms with E-state index in [1.165, 1.54) is 12.8 Å². The van der Waals surface area contributed by atoms with Crippen LogP contribution < -0.4 is 0 Å². The van der Waals surface area contributed by atoms with Crippen LogP contribution in [0.5, 0.6) is 0 Å². The van der Waals surface area contributed by atoms with E-state index in [4.69, 9.17) is 11.6 Å². The van der Waals surface area contributed by atoms with Gasteiger partial charge >= 0.3 is 0 Å². The van der Waals surface area contributed by atoms with Crippen molar-refractivity contribution in [3.8, 4) is 0 Å². The molecule has 0 spiro atoms. The Bertz CT molecular complexity index is 477. The fourth-order valence-corrected chi connectivity index (χ4v) is 2.05. The lowest BCUT2D eigenvalue weighted by atomic mass is 10.1. The second-order valence-electron chi connectivity index (χ2n) is 4.16. The molecule has 2 rings (SSSR count). The number of halogens is 1. The van der Waals surface area contributed by atoms with Gasteiger partial charge in [-0.25, -0.2) is 4.98 Å². The minimum absolute atomic E-state index is 0.802. The summed E-state index contributed by atoms with van der Waals surface area (Å²) in [6.07, 6.45) is 7.09. The first kappa shape index (κ1) is 12.2. The number of nitrogens with zero attached hydrogens (tertiary/aromatic N) is 2. The quantitative estimate of drug-likeness (QED) is 0.784. The molecule has 0 N–H and O–H groups in total. The number of hydrogen-bond acceptors (Lipinski definition) is 1. The minimum atomic E-state index is 0.802. The number of unbranched alkanes of at least 4 members (excludes halogenated alkanes) is 1. The molecule has 17 heavy (non-hydrogen) atoms. The summed E-state index contributed by atoms with van der Waals surface area (Å²) in [6.45, 7) is 3.24. The molecule has 1 aromatic heterocycles. The summed E-state index contributed by atoms with van der Waals surface area (Å²) in [7, 11) is 0. The highest BCUT2D eigenvalue weighted by Gasteiger charge is 2.06. The Morgan fingerprint density at radius 2 is 2.12 bits per heavy atom. The minimum Gasteiger partial charge on any atom is -0.335 e. The Kier molecular flexibility index (Phi) is 4.21. The van der Waals surface area contributed by atoms with Crippen LogP contribution in [0.4, 0.5) is 0 Å². The van der Waals surface area contributed by atoms with E-state index in [1.54, 1.807) is 0 Å². The molecular weight excluding hydrogens is 232 g/mol. The fourth-order valence-electron chi connectivity index (χ4n) is 1.85. The van der Waals surface area contributed by atoms with Gasteiger partial charge in [0.05, 0.1) is 0 Å². The third-order valence-electron chi connectivity index (χ3n) is 2.86. The monoisotopic (exact) mass is 248 g/mol. The Labute approximate surface area is 107 Å². The molecule has 90 valence electrons. The maximum absolute atomic E-state index is 6.16. The summed E-state index contributed by atoms with van der Waals surface area (Å²) in [6, 6.07) is 7.95. The average Bonchev–Trinajstić information content (AvgIpc) is 2.77. The van der Waals surface area contributed by atoms with Crippen molar-refractivity contribution in [2.45, 2.75) is 32.7 Å². The SMILES string of the molecule is CCCCn1ccnc1Cc1ccccc1Cl. The van der Waals surface area contributed by atoms with Gasteiger partial charge in [-0.3, -0.25) is 0 Å². The molecule has 0 saturated carbocycles. The van der Waals surface area contributed by atoms with Gasteiger partial charge in [-0.05, 0) is 18.1 Å². The number of benzene rings is 1. The Hall–Kier alpha value is -1.28. The van der Waals surface area contributed by atoms with E-state index in [9.17, 15) is 0 Å². The second-order valence-corrected chi connectivity index (χ2v) is 4.57. The first-order chi connectivity index (χ1) is 8.31. The molecule has 1 aromatic carbocycles. The fraction of sp³-hybridized carbons (Fsp3) is 0.357. The molecule has 1 heterocycles. The predicted molar refractivity (Wildman–Crippen MR) is 71.4 cm³/mol. The van der Waals surface area contributed by atoms with E-state index in [0.717, 1.165) is 29.4 Å². The zero-order valence-electron chi connectivity index (χ0n) is 10.1. The van der Waals surface area contributed by atoms with E-state index >= 15 is 0 Å². The number of aryl methyl sites for hydroxylation is 1. The van der Waals surface area contributed by atoms with Crippen LogP contribution >= 0.6 is 11.6 Å². The molecule has 2 aromatic rings. The van der Waals surface area contributed by atoms with Crippen LogP contribution in [-0.4, -0.2) is 9.55 Å². The molecular formula is C14H17ClN2. The first-order valence-corrected chi connectivity index (χ1v) is 6.42. The van der Waals surface area contributed by atoms with E-state index in [2.05, 4.69) is 22.5 Å². The molecule has 0 aliphatic rings. The van der Waals surface area contributed by atoms with Gasteiger partial charge in [0, 0.05) is 30.4 Å². The second kappa shape index (κ2) is 5.87. The third-order valence-corrected chi connectivity index (χ3v) is 3.23. The number of aromatic nitrogens is 2. The van der Waals surface area contributed by atoms with Crippen LogP contribution in [0.2, 0.25) is 5.02 Å². The lowest BCUT2D eigenvalue weighted by molar-refractivity contribution is 0.609. The van der Waals surface area contributed by atoms with Crippen molar-refractivity contribution in [2.75, 3.05) is 0 Å². The molecule has 0 aliphatic heterocycles. The van der Waals surface area contributed by atoms with Crippen LogP contribution in [0.1, 0.15) is 31.2 Å². The smallest absolute Gasteiger partial charge is 0.113 e. The maximum atomic E-state index is 6.16. The largest absolute Gasteiger partial charge is 0.335 e. The summed E-state index contributed by atoms with van der Waals surface area (Å²) in [5, 5.41) is 0.817. The summed E-state index contributed by atoms with van der Waals surface area (Å²) in [5.41, 5.74) is 1.14. The predicted octanol–water partition coefficient (Wildman–Crippen LogP) is 3.93. The summed E-state index contributed by atoms with van der Waals surface area (Å²) in [5.74, 6) is 1.09. The Balaban J connectivity index is 2.13. The number of hydrogen-bond donors (Lipinski definition) is 0. The van der Waals surface area contributed by atoms with E-state index < -0.39 is 0 Å². The highest BCUT2D eigenvalue weighted by atomic mass is 35.5. The van der Waals surface area contributed by atoms with Gasteiger partial charge in [0.15, 0.2) is 0 Å². The van der Waals surface area contributed by atoms with Gasteiger partial charge in [0.25, 0.3) is 0 Å². The maximum Gasteiger partial charge on any atom is 0.113 e. The Morgan fingerprint density at radius 3 is 2.88 bits per heavy atom. The molecule has 0 amide bonds. The van der Waals surface area contributed by atoms with Crippen LogP contribution in [0.15, 0.2) is 36.7 Å². The number of imidazole rings is 1. The van der Waals surface area contributed by atoms with Crippen molar-refractivity contribution in [1.82, 2.24) is 9.55 Å². The van der Waals surface area contributed by atoms with E-state index in [-0.39, 0.29) is 0 Å². The molecule has 0 fully saturated rings. The van der Waals surface area contributed by atoms with Gasteiger partial charge in [-0.1, -0.05) is 43.1 Å². The molecule has 0 aliphatic carbocycles. The van der Waals surface area contributed by atoms with Crippen molar-refractivity contribution < 1.29 is 0 Å². The molecule has 0 bridgehead atoms. The standard InChI is InChI=1S/C14H17ClN2/c1-2-3-9-17-10-8-16-14(17)11-12-6-4-5-7-13(12)15/h4-8,10H,2-3,9,11H2,1H3. The summed E-state index contributed by atoms with van der Waals surface area (Å²) < 4.78 is 2.22. The van der Waals surface area contributed by atoms with Crippen molar-refractivity contribution in [3.63, 3.8) is 0 Å². The topological polar surface area (TPSA) is 17.8 Å². The molecule has 3 heteroatoms. The van der Waals surface area contributed by atoms with Gasteiger partial charge < -0.3 is 4.57 Å². The van der Waals surface area contributed by atoms with Gasteiger partial charge in [-0.15, -0.1) is 0 Å². The number of rotatable bonds is 5. The van der Waals surface area contributed by atoms with Crippen LogP contribution in [0, 0.1) is 0 Å². The molecule has 0 radical (unpaired) electrons. The summed E-state index contributed by atoms with van der Waals surface area (Å²) >= 11 is 6.16. The van der Waals surface area contributed by atoms with Gasteiger partial charge in [-0.2, -0.15) is 0 Å². The lowest BCUT2D eigenvalue weighted by Gasteiger charge is -2.08. The zero-order valence-corrected chi connectivity index (χ0v) is 10.8. The van der Waals surface area contributed by atoms with Crippen molar-refractivity contribution in [2.24, 2.45) is 0 Å². The summed E-state index contributed by atoms with van der Waals surface area (Å²) in [4.78, 5) is 4.41. The first-order valence-electron chi connectivity index (χ1n) is 6.04. The Morgan fingerprint density at radius 1 is 1.29 bits per heavy atom. The van der Waals surface area contributed by atoms with E-state index in [0.29, 0.717) is 0 Å². The molecule has 0 atom stereocenters. The van der Waals surface area contributed by atoms with Gasteiger partial charge in [0.1, 0.15) is 5.82 Å². The van der Waals surface area contributed by atoms with Crippen molar-refractivity contribution in [3.05, 3.63) is 53.1 Å². The van der Waals surface area contributed by atoms with Crippen LogP contribution in [0.25, 0.3) is 0 Å². The highest BCUT2D eigenvalue weighted by molar-refractivity contribution is 6.31. The highest BCUT2D eigenvalue weighted by Crippen LogP contribution is 2.18. The van der Waals surface area contributed by atoms with Crippen molar-refractivity contribution >= 4 is 11.6 Å². The molecule has 0 saturated heterocycles. The van der Waals surface area contributed by atoms with E-state index in [1.807, 2.05) is 30.6 Å². The molecule has 0 unspecified atom stereocenters. The zero-order chi connectivity index (χ0) is 12.1. The van der Waals surface area contributed by atoms with Crippen LogP contribution in [-0.2, 0) is 13.0 Å². The lowest BCUT2D eigenvalue weighted by Crippen LogP contribution is -2.04. The van der Waals surface area contributed by atoms with Crippen LogP contribution in [0.3, 0.4) is 0 Å². The van der Waals surface area contributed by atoms with Crippen molar-refractivity contribution in [1.29, 1.82) is 0 Å². The average molecular weight is 249 g/mol. The third kappa shape index (κ3) is 3.10. The molecule has 2 nitrogen and oxygen atoms in total.